The largest absolute Gasteiger partial charge is 0.327 e. The fraction of sp³-hybridized carbons (Fsp3) is 0.154. The predicted molar refractivity (Wildman–Crippen MR) is 86.5 cm³/mol. The summed E-state index contributed by atoms with van der Waals surface area (Å²) in [5.74, 6) is -1.45. The molecule has 4 nitrogen and oxygen atoms in total. The van der Waals surface area contributed by atoms with Gasteiger partial charge >= 0.3 is 0 Å². The summed E-state index contributed by atoms with van der Waals surface area (Å²) in [6.07, 6.45) is 2.56. The molecule has 8 heteroatoms. The minimum absolute atomic E-state index is 0. The molecule has 0 fully saturated rings. The first-order chi connectivity index (χ1) is 9.04. The number of pyridine rings is 1. The number of nitrogens with two attached hydrogens (primary N) is 1. The molecule has 0 bridgehead atoms. The number of aromatic nitrogens is 1. The number of nitrogens with zero attached hydrogens (tertiary/aromatic N) is 1. The van der Waals surface area contributed by atoms with Gasteiger partial charge in [-0.05, 0) is 18.2 Å². The summed E-state index contributed by atoms with van der Waals surface area (Å²) >= 11 is 0. The van der Waals surface area contributed by atoms with Crippen LogP contribution in [-0.2, 0) is 9.84 Å². The van der Waals surface area contributed by atoms with Gasteiger partial charge < -0.3 is 5.73 Å². The fourth-order valence-corrected chi connectivity index (χ4v) is 3.16. The van der Waals surface area contributed by atoms with Crippen LogP contribution >= 0.6 is 24.8 Å². The molecule has 2 N–H and O–H groups in total. The minimum Gasteiger partial charge on any atom is -0.327 e. The van der Waals surface area contributed by atoms with Gasteiger partial charge in [0.05, 0.1) is 10.4 Å². The van der Waals surface area contributed by atoms with Gasteiger partial charge in [0.2, 0.25) is 0 Å². The third kappa shape index (κ3) is 4.64. The zero-order valence-electron chi connectivity index (χ0n) is 10.9. The third-order valence-electron chi connectivity index (χ3n) is 2.60. The molecule has 0 atom stereocenters. The molecule has 1 aromatic heterocycles. The van der Waals surface area contributed by atoms with Crippen molar-refractivity contribution in [3.05, 3.63) is 48.4 Å². The van der Waals surface area contributed by atoms with Crippen molar-refractivity contribution in [3.63, 3.8) is 0 Å². The summed E-state index contributed by atoms with van der Waals surface area (Å²) < 4.78 is 37.7. The van der Waals surface area contributed by atoms with E-state index in [1.165, 1.54) is 12.3 Å². The maximum absolute atomic E-state index is 13.4. The number of para-hydroxylation sites is 1. The van der Waals surface area contributed by atoms with Crippen LogP contribution < -0.4 is 5.73 Å². The number of benzene rings is 1. The number of halogens is 3. The minimum atomic E-state index is -3.77. The molecule has 21 heavy (non-hydrogen) atoms. The Morgan fingerprint density at radius 2 is 1.90 bits per heavy atom. The van der Waals surface area contributed by atoms with Gasteiger partial charge in [-0.3, -0.25) is 4.98 Å². The maximum atomic E-state index is 13.4. The van der Waals surface area contributed by atoms with Crippen LogP contribution in [0, 0.1) is 0 Å². The van der Waals surface area contributed by atoms with Crippen molar-refractivity contribution in [2.75, 3.05) is 12.3 Å². The number of sulfone groups is 1. The number of hydrogen-bond acceptors (Lipinski definition) is 4. The molecule has 0 saturated carbocycles. The van der Waals surface area contributed by atoms with Gasteiger partial charge in [0.1, 0.15) is 11.6 Å². The molecular formula is C13H15Cl2FN2O2S. The van der Waals surface area contributed by atoms with Gasteiger partial charge in [0.25, 0.3) is 0 Å². The molecule has 0 amide bonds. The first-order valence-electron chi connectivity index (χ1n) is 5.66. The predicted octanol–water partition coefficient (Wildman–Crippen LogP) is 2.66. The number of hydrogen-bond donors (Lipinski definition) is 1. The molecule has 1 heterocycles. The third-order valence-corrected chi connectivity index (χ3v) is 4.25. The summed E-state index contributed by atoms with van der Waals surface area (Å²) in [6.45, 7) is -0.0326. The Morgan fingerprint density at radius 1 is 1.24 bits per heavy atom. The average molecular weight is 353 g/mol. The molecule has 0 unspecified atom stereocenters. The van der Waals surface area contributed by atoms with E-state index in [4.69, 9.17) is 5.73 Å². The van der Waals surface area contributed by atoms with E-state index in [0.29, 0.717) is 10.9 Å². The molecule has 0 spiro atoms. The lowest BCUT2D eigenvalue weighted by atomic mass is 10.2. The highest BCUT2D eigenvalue weighted by atomic mass is 35.5. The monoisotopic (exact) mass is 352 g/mol. The molecule has 0 aliphatic rings. The SMILES string of the molecule is Cl.Cl.NCC=C(F)CS(=O)(=O)c1cccc2cccnc12. The normalized spacial score (nSPS) is 11.6. The second kappa shape index (κ2) is 8.29. The van der Waals surface area contributed by atoms with Gasteiger partial charge in [-0.1, -0.05) is 18.2 Å². The van der Waals surface area contributed by atoms with Gasteiger partial charge in [-0.2, -0.15) is 0 Å². The zero-order valence-corrected chi connectivity index (χ0v) is 13.3. The number of rotatable bonds is 4. The van der Waals surface area contributed by atoms with Crippen LogP contribution in [0.1, 0.15) is 0 Å². The molecule has 0 aliphatic heterocycles. The highest BCUT2D eigenvalue weighted by Gasteiger charge is 2.20. The fourth-order valence-electron chi connectivity index (χ4n) is 1.77. The first kappa shape index (κ1) is 19.8. The van der Waals surface area contributed by atoms with E-state index in [9.17, 15) is 12.8 Å². The lowest BCUT2D eigenvalue weighted by Crippen LogP contribution is -2.09. The Bertz CT molecular complexity index is 731. The molecule has 116 valence electrons. The summed E-state index contributed by atoms with van der Waals surface area (Å²) in [4.78, 5) is 4.09. The van der Waals surface area contributed by atoms with Crippen molar-refractivity contribution in [2.45, 2.75) is 4.90 Å². The Morgan fingerprint density at radius 3 is 2.57 bits per heavy atom. The van der Waals surface area contributed by atoms with Crippen molar-refractivity contribution in [1.29, 1.82) is 0 Å². The average Bonchev–Trinajstić information content (AvgIpc) is 2.37. The Labute approximate surface area is 135 Å². The van der Waals surface area contributed by atoms with Crippen molar-refractivity contribution in [3.8, 4) is 0 Å². The van der Waals surface area contributed by atoms with Gasteiger partial charge in [0, 0.05) is 18.1 Å². The molecule has 2 aromatic rings. The van der Waals surface area contributed by atoms with E-state index in [1.807, 2.05) is 0 Å². The zero-order chi connectivity index (χ0) is 13.9. The summed E-state index contributed by atoms with van der Waals surface area (Å²) in [7, 11) is -3.77. The summed E-state index contributed by atoms with van der Waals surface area (Å²) in [5.41, 5.74) is 5.51. The van der Waals surface area contributed by atoms with Crippen LogP contribution in [0.15, 0.2) is 53.3 Å². The molecule has 0 saturated heterocycles. The summed E-state index contributed by atoms with van der Waals surface area (Å²) in [5, 5.41) is 0.701. The second-order valence-electron chi connectivity index (χ2n) is 3.98. The van der Waals surface area contributed by atoms with Crippen LogP contribution in [0.2, 0.25) is 0 Å². The maximum Gasteiger partial charge on any atom is 0.186 e. The van der Waals surface area contributed by atoms with Crippen molar-refractivity contribution < 1.29 is 12.8 Å². The Hall–Kier alpha value is -1.21. The standard InChI is InChI=1S/C13H13FN2O2S.2ClH/c14-11(6-7-15)9-19(17,18)12-5-1-3-10-4-2-8-16-13(10)12;;/h1-6,8H,7,9,15H2;2*1H. The molecular weight excluding hydrogens is 338 g/mol. The van der Waals surface area contributed by atoms with E-state index in [1.54, 1.807) is 24.3 Å². The van der Waals surface area contributed by atoms with Crippen LogP contribution in [0.25, 0.3) is 10.9 Å². The lowest BCUT2D eigenvalue weighted by molar-refractivity contribution is 0.583. The summed E-state index contributed by atoms with van der Waals surface area (Å²) in [6, 6.07) is 8.27. The highest BCUT2D eigenvalue weighted by Crippen LogP contribution is 2.23. The van der Waals surface area contributed by atoms with E-state index < -0.39 is 21.4 Å². The van der Waals surface area contributed by atoms with Crippen LogP contribution in [0.4, 0.5) is 4.39 Å². The first-order valence-corrected chi connectivity index (χ1v) is 7.31. The molecule has 0 radical (unpaired) electrons. The number of fused-ring (bicyclic) bond motifs is 1. The highest BCUT2D eigenvalue weighted by molar-refractivity contribution is 7.91. The van der Waals surface area contributed by atoms with Crippen molar-refractivity contribution in [2.24, 2.45) is 5.73 Å². The van der Waals surface area contributed by atoms with Crippen LogP contribution in [0.3, 0.4) is 0 Å². The van der Waals surface area contributed by atoms with Crippen molar-refractivity contribution >= 4 is 45.6 Å². The smallest absolute Gasteiger partial charge is 0.186 e. The van der Waals surface area contributed by atoms with Gasteiger partial charge in [0.15, 0.2) is 9.84 Å². The second-order valence-corrected chi connectivity index (χ2v) is 5.94. The van der Waals surface area contributed by atoms with Gasteiger partial charge in [-0.25, -0.2) is 12.8 Å². The Kier molecular flexibility index (Phi) is 7.81. The van der Waals surface area contributed by atoms with Crippen LogP contribution in [-0.4, -0.2) is 25.7 Å². The quantitative estimate of drug-likeness (QED) is 0.917. The topological polar surface area (TPSA) is 73.1 Å². The lowest BCUT2D eigenvalue weighted by Gasteiger charge is -2.06. The van der Waals surface area contributed by atoms with Gasteiger partial charge in [-0.15, -0.1) is 24.8 Å². The van der Waals surface area contributed by atoms with E-state index in [2.05, 4.69) is 4.98 Å². The molecule has 0 aliphatic carbocycles. The van der Waals surface area contributed by atoms with Crippen LogP contribution in [0.5, 0.6) is 0 Å². The molecule has 1 aromatic carbocycles. The van der Waals surface area contributed by atoms with E-state index >= 15 is 0 Å². The van der Waals surface area contributed by atoms with Crippen molar-refractivity contribution in [1.82, 2.24) is 4.98 Å². The molecule has 2 rings (SSSR count). The Balaban J connectivity index is 0.00000200. The van der Waals surface area contributed by atoms with E-state index in [-0.39, 0.29) is 36.3 Å². The van der Waals surface area contributed by atoms with E-state index in [0.717, 1.165) is 6.08 Å².